The Labute approximate surface area is 78.9 Å². The zero-order chi connectivity index (χ0) is 10.3. The van der Waals surface area contributed by atoms with E-state index < -0.39 is 10.0 Å². The number of nitrogens with zero attached hydrogens (tertiary/aromatic N) is 1. The van der Waals surface area contributed by atoms with Crippen LogP contribution in [0.3, 0.4) is 0 Å². The molecule has 0 aromatic carbocycles. The first-order valence-electron chi connectivity index (χ1n) is 3.98. The van der Waals surface area contributed by atoms with Crippen molar-refractivity contribution in [2.24, 2.45) is 5.73 Å². The lowest BCUT2D eigenvalue weighted by Gasteiger charge is -2.18. The lowest BCUT2D eigenvalue weighted by Crippen LogP contribution is -2.37. The number of hydrogen-bond donors (Lipinski definition) is 2. The predicted octanol–water partition coefficient (Wildman–Crippen LogP) is -1.24. The fourth-order valence-electron chi connectivity index (χ4n) is 0.877. The largest absolute Gasteiger partial charge is 0.395 e. The maximum absolute atomic E-state index is 11.4. The minimum absolute atomic E-state index is 0.0847. The molecule has 0 radical (unpaired) electrons. The second kappa shape index (κ2) is 6.09. The summed E-state index contributed by atoms with van der Waals surface area (Å²) in [4.78, 5) is 0. The maximum Gasteiger partial charge on any atom is 0.215 e. The molecule has 13 heavy (non-hydrogen) atoms. The molecule has 0 aromatic heterocycles. The van der Waals surface area contributed by atoms with Gasteiger partial charge in [0.2, 0.25) is 10.0 Å². The van der Waals surface area contributed by atoms with Crippen molar-refractivity contribution in [3.05, 3.63) is 12.7 Å². The zero-order valence-corrected chi connectivity index (χ0v) is 8.33. The third kappa shape index (κ3) is 4.37. The molecule has 0 saturated heterocycles. The highest BCUT2D eigenvalue weighted by atomic mass is 32.2. The van der Waals surface area contributed by atoms with Crippen molar-refractivity contribution in [1.29, 1.82) is 0 Å². The van der Waals surface area contributed by atoms with Crippen LogP contribution in [0.4, 0.5) is 0 Å². The Hall–Kier alpha value is -0.430. The van der Waals surface area contributed by atoms with Crippen LogP contribution in [0.2, 0.25) is 0 Å². The molecule has 6 heteroatoms. The van der Waals surface area contributed by atoms with Crippen LogP contribution in [-0.2, 0) is 10.0 Å². The number of rotatable bonds is 7. The van der Waals surface area contributed by atoms with Crippen molar-refractivity contribution in [3.8, 4) is 0 Å². The predicted molar refractivity (Wildman–Crippen MR) is 51.7 cm³/mol. The van der Waals surface area contributed by atoms with E-state index in [0.717, 1.165) is 4.31 Å². The standard InChI is InChI=1S/C7H16N2O3S/c1-2-4-9(5-6-10)13(11,12)7-3-8/h2,10H,1,3-8H2. The SMILES string of the molecule is C=CCN(CCO)S(=O)(=O)CCN. The Kier molecular flexibility index (Phi) is 5.89. The van der Waals surface area contributed by atoms with Gasteiger partial charge in [0.15, 0.2) is 0 Å². The van der Waals surface area contributed by atoms with Crippen molar-refractivity contribution < 1.29 is 13.5 Å². The van der Waals surface area contributed by atoms with Crippen molar-refractivity contribution in [2.45, 2.75) is 0 Å². The molecule has 78 valence electrons. The van der Waals surface area contributed by atoms with Crippen molar-refractivity contribution >= 4 is 10.0 Å². The van der Waals surface area contributed by atoms with Crippen LogP contribution >= 0.6 is 0 Å². The molecule has 0 aliphatic heterocycles. The molecule has 0 atom stereocenters. The molecule has 0 aliphatic carbocycles. The highest BCUT2D eigenvalue weighted by Gasteiger charge is 2.18. The molecule has 0 amide bonds. The quantitative estimate of drug-likeness (QED) is 0.512. The van der Waals surface area contributed by atoms with Crippen LogP contribution in [0, 0.1) is 0 Å². The summed E-state index contributed by atoms with van der Waals surface area (Å²) in [7, 11) is -3.32. The van der Waals surface area contributed by atoms with Gasteiger partial charge in [-0.25, -0.2) is 8.42 Å². The van der Waals surface area contributed by atoms with Crippen LogP contribution in [-0.4, -0.2) is 49.8 Å². The van der Waals surface area contributed by atoms with Crippen molar-refractivity contribution in [1.82, 2.24) is 4.31 Å². The summed E-state index contributed by atoms with van der Waals surface area (Å²) >= 11 is 0. The molecular weight excluding hydrogens is 192 g/mol. The first kappa shape index (κ1) is 12.6. The average Bonchev–Trinajstić information content (AvgIpc) is 2.04. The van der Waals surface area contributed by atoms with E-state index in [4.69, 9.17) is 10.8 Å². The second-order valence-electron chi connectivity index (χ2n) is 2.47. The van der Waals surface area contributed by atoms with Crippen LogP contribution in [0.25, 0.3) is 0 Å². The lowest BCUT2D eigenvalue weighted by molar-refractivity contribution is 0.260. The highest BCUT2D eigenvalue weighted by Crippen LogP contribution is 1.99. The van der Waals surface area contributed by atoms with Crippen LogP contribution < -0.4 is 5.73 Å². The molecule has 0 aromatic rings. The first-order chi connectivity index (χ1) is 6.08. The van der Waals surface area contributed by atoms with Gasteiger partial charge in [0, 0.05) is 19.6 Å². The van der Waals surface area contributed by atoms with Crippen LogP contribution in [0.15, 0.2) is 12.7 Å². The Bertz CT molecular complexity index is 238. The monoisotopic (exact) mass is 208 g/mol. The normalized spacial score (nSPS) is 11.9. The molecule has 0 aliphatic rings. The molecule has 3 N–H and O–H groups in total. The van der Waals surface area contributed by atoms with Crippen molar-refractivity contribution in [2.75, 3.05) is 32.0 Å². The van der Waals surface area contributed by atoms with Gasteiger partial charge < -0.3 is 10.8 Å². The van der Waals surface area contributed by atoms with Gasteiger partial charge >= 0.3 is 0 Å². The molecule has 0 bridgehead atoms. The lowest BCUT2D eigenvalue weighted by atomic mass is 10.6. The van der Waals surface area contributed by atoms with Gasteiger partial charge in [-0.05, 0) is 0 Å². The minimum Gasteiger partial charge on any atom is -0.395 e. The number of hydrogen-bond acceptors (Lipinski definition) is 4. The Morgan fingerprint density at radius 1 is 1.54 bits per heavy atom. The topological polar surface area (TPSA) is 83.6 Å². The van der Waals surface area contributed by atoms with Gasteiger partial charge in [-0.15, -0.1) is 6.58 Å². The van der Waals surface area contributed by atoms with E-state index in [-0.39, 0.29) is 32.0 Å². The summed E-state index contributed by atoms with van der Waals surface area (Å²) in [6, 6.07) is 0. The van der Waals surface area contributed by atoms with E-state index in [0.29, 0.717) is 0 Å². The van der Waals surface area contributed by atoms with E-state index >= 15 is 0 Å². The van der Waals surface area contributed by atoms with E-state index in [1.54, 1.807) is 0 Å². The third-order valence-electron chi connectivity index (χ3n) is 1.45. The number of aliphatic hydroxyl groups is 1. The smallest absolute Gasteiger partial charge is 0.215 e. The van der Waals surface area contributed by atoms with Gasteiger partial charge in [0.25, 0.3) is 0 Å². The molecule has 0 saturated carbocycles. The number of aliphatic hydroxyl groups excluding tert-OH is 1. The fourth-order valence-corrected chi connectivity index (χ4v) is 2.13. The molecule has 0 spiro atoms. The second-order valence-corrected chi connectivity index (χ2v) is 4.56. The summed E-state index contributed by atoms with van der Waals surface area (Å²) in [5.41, 5.74) is 5.15. The van der Waals surface area contributed by atoms with Crippen LogP contribution in [0.5, 0.6) is 0 Å². The van der Waals surface area contributed by atoms with E-state index in [2.05, 4.69) is 6.58 Å². The van der Waals surface area contributed by atoms with Gasteiger partial charge in [0.1, 0.15) is 0 Å². The molecule has 0 fully saturated rings. The molecule has 0 unspecified atom stereocenters. The molecular formula is C7H16N2O3S. The molecule has 0 rings (SSSR count). The van der Waals surface area contributed by atoms with Gasteiger partial charge in [-0.1, -0.05) is 6.08 Å². The Balaban J connectivity index is 4.41. The average molecular weight is 208 g/mol. The number of nitrogens with two attached hydrogens (primary N) is 1. The summed E-state index contributed by atoms with van der Waals surface area (Å²) in [5.74, 6) is -0.0964. The van der Waals surface area contributed by atoms with Gasteiger partial charge in [0.05, 0.1) is 12.4 Å². The van der Waals surface area contributed by atoms with Crippen LogP contribution in [0.1, 0.15) is 0 Å². The zero-order valence-electron chi connectivity index (χ0n) is 7.52. The highest BCUT2D eigenvalue weighted by molar-refractivity contribution is 7.89. The fraction of sp³-hybridized carbons (Fsp3) is 0.714. The summed E-state index contributed by atoms with van der Waals surface area (Å²) in [6.07, 6.45) is 1.48. The number of sulfonamides is 1. The van der Waals surface area contributed by atoms with Gasteiger partial charge in [-0.2, -0.15) is 4.31 Å². The first-order valence-corrected chi connectivity index (χ1v) is 5.59. The summed E-state index contributed by atoms with van der Waals surface area (Å²) < 4.78 is 24.0. The third-order valence-corrected chi connectivity index (χ3v) is 3.32. The van der Waals surface area contributed by atoms with Crippen molar-refractivity contribution in [3.63, 3.8) is 0 Å². The van der Waals surface area contributed by atoms with E-state index in [1.165, 1.54) is 6.08 Å². The van der Waals surface area contributed by atoms with E-state index in [9.17, 15) is 8.42 Å². The Morgan fingerprint density at radius 2 is 2.15 bits per heavy atom. The Morgan fingerprint density at radius 3 is 2.54 bits per heavy atom. The molecule has 0 heterocycles. The summed E-state index contributed by atoms with van der Waals surface area (Å²) in [5, 5.41) is 8.62. The molecule has 5 nitrogen and oxygen atoms in total. The minimum atomic E-state index is -3.32. The van der Waals surface area contributed by atoms with Gasteiger partial charge in [-0.3, -0.25) is 0 Å². The summed E-state index contributed by atoms with van der Waals surface area (Å²) in [6.45, 7) is 3.63. The van der Waals surface area contributed by atoms with E-state index in [1.807, 2.05) is 0 Å². The maximum atomic E-state index is 11.4.